The van der Waals surface area contributed by atoms with Gasteiger partial charge in [0.25, 0.3) is 5.91 Å². The van der Waals surface area contributed by atoms with Crippen molar-refractivity contribution in [3.05, 3.63) is 28.8 Å². The molecule has 5 nitrogen and oxygen atoms in total. The first kappa shape index (κ1) is 13.7. The predicted molar refractivity (Wildman–Crippen MR) is 72.2 cm³/mol. The fraction of sp³-hybridized carbons (Fsp3) is 0.385. The molecule has 0 spiro atoms. The Morgan fingerprint density at radius 2 is 2.11 bits per heavy atom. The second kappa shape index (κ2) is 5.48. The van der Waals surface area contributed by atoms with E-state index in [1.54, 1.807) is 12.1 Å². The number of carboxylic acid groups (broad SMARTS) is 1. The number of hydrogen-bond acceptors (Lipinski definition) is 3. The number of benzene rings is 1. The summed E-state index contributed by atoms with van der Waals surface area (Å²) in [6, 6.07) is 3.84. The number of nitrogen functional groups attached to an aromatic ring is 1. The molecule has 1 saturated heterocycles. The molecule has 1 aliphatic rings. The number of carboxylic acids is 1. The van der Waals surface area contributed by atoms with Crippen LogP contribution >= 0.6 is 11.6 Å². The number of hydrogen-bond donors (Lipinski definition) is 2. The van der Waals surface area contributed by atoms with Crippen molar-refractivity contribution in [1.29, 1.82) is 0 Å². The Morgan fingerprint density at radius 3 is 2.74 bits per heavy atom. The maximum absolute atomic E-state index is 12.3. The number of carbonyl (C=O) groups is 2. The molecule has 2 rings (SSSR count). The highest BCUT2D eigenvalue weighted by Crippen LogP contribution is 2.23. The summed E-state index contributed by atoms with van der Waals surface area (Å²) in [7, 11) is 0. The first-order valence-corrected chi connectivity index (χ1v) is 6.47. The summed E-state index contributed by atoms with van der Waals surface area (Å²) in [6.07, 6.45) is 2.13. The number of aliphatic carboxylic acids is 1. The van der Waals surface area contributed by atoms with Crippen molar-refractivity contribution in [3.8, 4) is 0 Å². The Kier molecular flexibility index (Phi) is 3.95. The Labute approximate surface area is 116 Å². The third-order valence-electron chi connectivity index (χ3n) is 3.29. The minimum absolute atomic E-state index is 0.310. The summed E-state index contributed by atoms with van der Waals surface area (Å²) in [6.45, 7) is 0.457. The molecule has 0 saturated carbocycles. The monoisotopic (exact) mass is 282 g/mol. The van der Waals surface area contributed by atoms with Gasteiger partial charge in [-0.05, 0) is 37.5 Å². The van der Waals surface area contributed by atoms with E-state index in [9.17, 15) is 9.59 Å². The number of halogens is 1. The highest BCUT2D eigenvalue weighted by atomic mass is 35.5. The first-order chi connectivity index (χ1) is 9.00. The number of nitrogens with zero attached hydrogens (tertiary/aromatic N) is 1. The van der Waals surface area contributed by atoms with Gasteiger partial charge in [-0.2, -0.15) is 0 Å². The summed E-state index contributed by atoms with van der Waals surface area (Å²) < 4.78 is 0. The van der Waals surface area contributed by atoms with Gasteiger partial charge in [0.05, 0.1) is 10.7 Å². The molecular formula is C13H15ClN2O3. The van der Waals surface area contributed by atoms with Gasteiger partial charge >= 0.3 is 5.97 Å². The molecule has 0 aliphatic carbocycles. The van der Waals surface area contributed by atoms with Crippen molar-refractivity contribution in [2.45, 2.75) is 25.3 Å². The standard InChI is InChI=1S/C13H15ClN2O3/c14-9-5-4-8(7-10(9)15)12(17)16-6-2-1-3-11(16)13(18)19/h4-5,7,11H,1-3,6,15H2,(H,18,19)/t11-/m1/s1. The summed E-state index contributed by atoms with van der Waals surface area (Å²) in [5.41, 5.74) is 6.35. The smallest absolute Gasteiger partial charge is 0.326 e. The quantitative estimate of drug-likeness (QED) is 0.813. The number of amides is 1. The van der Waals surface area contributed by atoms with Gasteiger partial charge in [0, 0.05) is 12.1 Å². The van der Waals surface area contributed by atoms with Crippen molar-refractivity contribution < 1.29 is 14.7 Å². The lowest BCUT2D eigenvalue weighted by Gasteiger charge is -2.33. The van der Waals surface area contributed by atoms with E-state index in [0.717, 1.165) is 12.8 Å². The van der Waals surface area contributed by atoms with E-state index in [1.807, 2.05) is 0 Å². The molecule has 0 unspecified atom stereocenters. The molecule has 102 valence electrons. The van der Waals surface area contributed by atoms with E-state index < -0.39 is 12.0 Å². The molecule has 3 N–H and O–H groups in total. The van der Waals surface area contributed by atoms with E-state index in [0.29, 0.717) is 29.2 Å². The maximum Gasteiger partial charge on any atom is 0.326 e. The number of nitrogens with two attached hydrogens (primary N) is 1. The Hall–Kier alpha value is -1.75. The molecule has 0 radical (unpaired) electrons. The fourth-order valence-electron chi connectivity index (χ4n) is 2.27. The van der Waals surface area contributed by atoms with E-state index in [-0.39, 0.29) is 5.91 Å². The summed E-state index contributed by atoms with van der Waals surface area (Å²) in [5.74, 6) is -1.27. The predicted octanol–water partition coefficient (Wildman–Crippen LogP) is 2.00. The molecule has 1 amide bonds. The van der Waals surface area contributed by atoms with Crippen LogP contribution in [-0.4, -0.2) is 34.5 Å². The zero-order valence-corrected chi connectivity index (χ0v) is 11.1. The number of anilines is 1. The Bertz CT molecular complexity index is 519. The molecule has 1 fully saturated rings. The van der Waals surface area contributed by atoms with Crippen LogP contribution in [0.1, 0.15) is 29.6 Å². The lowest BCUT2D eigenvalue weighted by molar-refractivity contribution is -0.143. The number of piperidine rings is 1. The highest BCUT2D eigenvalue weighted by Gasteiger charge is 2.32. The van der Waals surface area contributed by atoms with E-state index in [4.69, 9.17) is 22.4 Å². The van der Waals surface area contributed by atoms with Gasteiger partial charge in [0.2, 0.25) is 0 Å². The van der Waals surface area contributed by atoms with Crippen LogP contribution in [0.2, 0.25) is 5.02 Å². The van der Waals surface area contributed by atoms with Gasteiger partial charge in [-0.25, -0.2) is 4.79 Å². The van der Waals surface area contributed by atoms with Crippen LogP contribution in [0.4, 0.5) is 5.69 Å². The average molecular weight is 283 g/mol. The van der Waals surface area contributed by atoms with Crippen LogP contribution in [0, 0.1) is 0 Å². The number of carbonyl (C=O) groups excluding carboxylic acids is 1. The number of likely N-dealkylation sites (tertiary alicyclic amines) is 1. The molecule has 1 aromatic rings. The van der Waals surface area contributed by atoms with Crippen LogP contribution < -0.4 is 5.73 Å². The molecule has 19 heavy (non-hydrogen) atoms. The third kappa shape index (κ3) is 2.81. The Morgan fingerprint density at radius 1 is 1.37 bits per heavy atom. The third-order valence-corrected chi connectivity index (χ3v) is 3.64. The van der Waals surface area contributed by atoms with E-state index in [1.165, 1.54) is 11.0 Å². The van der Waals surface area contributed by atoms with Gasteiger partial charge in [-0.15, -0.1) is 0 Å². The molecule has 1 heterocycles. The van der Waals surface area contributed by atoms with Gasteiger partial charge in [0.15, 0.2) is 0 Å². The fourth-order valence-corrected chi connectivity index (χ4v) is 2.39. The lowest BCUT2D eigenvalue weighted by Crippen LogP contribution is -2.48. The van der Waals surface area contributed by atoms with Crippen molar-refractivity contribution in [1.82, 2.24) is 4.90 Å². The zero-order chi connectivity index (χ0) is 14.0. The molecule has 1 atom stereocenters. The number of rotatable bonds is 2. The van der Waals surface area contributed by atoms with Crippen LogP contribution in [0.25, 0.3) is 0 Å². The van der Waals surface area contributed by atoms with Crippen molar-refractivity contribution in [2.24, 2.45) is 0 Å². The molecule has 1 aromatic carbocycles. The molecule has 0 aromatic heterocycles. The second-order valence-corrected chi connectivity index (χ2v) is 4.99. The van der Waals surface area contributed by atoms with E-state index in [2.05, 4.69) is 0 Å². The van der Waals surface area contributed by atoms with Gasteiger partial charge in [-0.1, -0.05) is 11.6 Å². The summed E-state index contributed by atoms with van der Waals surface area (Å²) >= 11 is 5.81. The first-order valence-electron chi connectivity index (χ1n) is 6.09. The largest absolute Gasteiger partial charge is 0.480 e. The van der Waals surface area contributed by atoms with Crippen LogP contribution in [0.15, 0.2) is 18.2 Å². The van der Waals surface area contributed by atoms with Gasteiger partial charge < -0.3 is 15.7 Å². The van der Waals surface area contributed by atoms with Crippen molar-refractivity contribution in [3.63, 3.8) is 0 Å². The summed E-state index contributed by atoms with van der Waals surface area (Å²) in [5, 5.41) is 9.54. The minimum atomic E-state index is -0.963. The average Bonchev–Trinajstić information content (AvgIpc) is 2.41. The topological polar surface area (TPSA) is 83.6 Å². The van der Waals surface area contributed by atoms with Crippen molar-refractivity contribution >= 4 is 29.2 Å². The lowest BCUT2D eigenvalue weighted by atomic mass is 10.0. The van der Waals surface area contributed by atoms with Gasteiger partial charge in [0.1, 0.15) is 6.04 Å². The van der Waals surface area contributed by atoms with Gasteiger partial charge in [-0.3, -0.25) is 4.79 Å². The highest BCUT2D eigenvalue weighted by molar-refractivity contribution is 6.33. The van der Waals surface area contributed by atoms with Crippen LogP contribution in [0.3, 0.4) is 0 Å². The minimum Gasteiger partial charge on any atom is -0.480 e. The van der Waals surface area contributed by atoms with Crippen molar-refractivity contribution in [2.75, 3.05) is 12.3 Å². The van der Waals surface area contributed by atoms with E-state index >= 15 is 0 Å². The van der Waals surface area contributed by atoms with Crippen LogP contribution in [0.5, 0.6) is 0 Å². The molecule has 1 aliphatic heterocycles. The Balaban J connectivity index is 2.26. The SMILES string of the molecule is Nc1cc(C(=O)N2CCCC[C@@H]2C(=O)O)ccc1Cl. The molecule has 0 bridgehead atoms. The van der Waals surface area contributed by atoms with Crippen LogP contribution in [-0.2, 0) is 4.79 Å². The summed E-state index contributed by atoms with van der Waals surface area (Å²) in [4.78, 5) is 24.9. The zero-order valence-electron chi connectivity index (χ0n) is 10.3. The second-order valence-electron chi connectivity index (χ2n) is 4.58. The molecule has 6 heteroatoms. The normalized spacial score (nSPS) is 19.2. The maximum atomic E-state index is 12.3. The molecular weight excluding hydrogens is 268 g/mol.